The number of nitrogens with two attached hydrogens (primary N) is 1. The van der Waals surface area contributed by atoms with Crippen molar-refractivity contribution in [3.63, 3.8) is 0 Å². The lowest BCUT2D eigenvalue weighted by atomic mass is 9.92. The first kappa shape index (κ1) is 18.5. The van der Waals surface area contributed by atoms with Gasteiger partial charge in [0.25, 0.3) is 0 Å². The van der Waals surface area contributed by atoms with E-state index in [0.717, 1.165) is 12.8 Å². The van der Waals surface area contributed by atoms with Crippen LogP contribution in [0.3, 0.4) is 0 Å². The zero-order valence-corrected chi connectivity index (χ0v) is 13.5. The number of amides is 1. The number of aromatic nitrogens is 1. The maximum Gasteiger partial charge on any atom is 0.354 e. The number of nitrogens with zero attached hydrogens (tertiary/aromatic N) is 1. The summed E-state index contributed by atoms with van der Waals surface area (Å²) in [5, 5.41) is 2.75. The van der Waals surface area contributed by atoms with Crippen molar-refractivity contribution in [3.05, 3.63) is 18.0 Å². The third-order valence-electron chi connectivity index (χ3n) is 3.74. The van der Waals surface area contributed by atoms with E-state index in [4.69, 9.17) is 10.5 Å². The standard InChI is InChI=1S/C14H21N3O4.ClH/c1-17-8-10(7-11(17)14(19)20-2)16-13(18)12(15)9-3-5-21-6-4-9;/h7-9,12H,3-6,15H2,1-2H3,(H,16,18);1H. The number of nitrogens with one attached hydrogen (secondary N) is 1. The quantitative estimate of drug-likeness (QED) is 0.800. The molecule has 1 fully saturated rings. The Balaban J connectivity index is 0.00000242. The molecule has 124 valence electrons. The molecule has 0 radical (unpaired) electrons. The molecule has 1 unspecified atom stereocenters. The number of carbonyl (C=O) groups excluding carboxylic acids is 2. The first-order valence-corrected chi connectivity index (χ1v) is 6.91. The van der Waals surface area contributed by atoms with Crippen molar-refractivity contribution < 1.29 is 19.1 Å². The third kappa shape index (κ3) is 4.22. The SMILES string of the molecule is COC(=O)c1cc(NC(=O)C(N)C2CCOCC2)cn1C.Cl. The molecule has 1 aliphatic rings. The monoisotopic (exact) mass is 331 g/mol. The molecule has 2 rings (SSSR count). The fraction of sp³-hybridized carbons (Fsp3) is 0.571. The maximum atomic E-state index is 12.2. The number of esters is 1. The van der Waals surface area contributed by atoms with E-state index < -0.39 is 12.0 Å². The van der Waals surface area contributed by atoms with Gasteiger partial charge in [-0.1, -0.05) is 0 Å². The van der Waals surface area contributed by atoms with Crippen molar-refractivity contribution in [2.45, 2.75) is 18.9 Å². The fourth-order valence-electron chi connectivity index (χ4n) is 2.45. The first-order valence-electron chi connectivity index (χ1n) is 6.91. The number of halogens is 1. The van der Waals surface area contributed by atoms with Crippen molar-refractivity contribution in [2.24, 2.45) is 18.7 Å². The highest BCUT2D eigenvalue weighted by molar-refractivity contribution is 5.96. The molecule has 7 nitrogen and oxygen atoms in total. The highest BCUT2D eigenvalue weighted by atomic mass is 35.5. The number of anilines is 1. The summed E-state index contributed by atoms with van der Waals surface area (Å²) in [5.41, 5.74) is 6.91. The number of rotatable bonds is 4. The zero-order chi connectivity index (χ0) is 15.4. The Morgan fingerprint density at radius 3 is 2.68 bits per heavy atom. The van der Waals surface area contributed by atoms with Crippen LogP contribution in [0.15, 0.2) is 12.3 Å². The van der Waals surface area contributed by atoms with Gasteiger partial charge in [0.2, 0.25) is 5.91 Å². The van der Waals surface area contributed by atoms with E-state index in [9.17, 15) is 9.59 Å². The molecule has 0 saturated carbocycles. The molecule has 8 heteroatoms. The largest absolute Gasteiger partial charge is 0.464 e. The molecule has 2 heterocycles. The van der Waals surface area contributed by atoms with Crippen LogP contribution in [0.25, 0.3) is 0 Å². The molecular formula is C14H22ClN3O4. The molecule has 1 saturated heterocycles. The lowest BCUT2D eigenvalue weighted by Crippen LogP contribution is -2.43. The topological polar surface area (TPSA) is 95.6 Å². The number of aryl methyl sites for hydroxylation is 1. The summed E-state index contributed by atoms with van der Waals surface area (Å²) < 4.78 is 11.5. The van der Waals surface area contributed by atoms with Crippen molar-refractivity contribution in [2.75, 3.05) is 25.6 Å². The van der Waals surface area contributed by atoms with E-state index in [0.29, 0.717) is 24.6 Å². The molecule has 1 atom stereocenters. The smallest absolute Gasteiger partial charge is 0.354 e. The summed E-state index contributed by atoms with van der Waals surface area (Å²) in [6.07, 6.45) is 3.23. The molecule has 1 aromatic rings. The van der Waals surface area contributed by atoms with Gasteiger partial charge in [-0.25, -0.2) is 4.79 Å². The highest BCUT2D eigenvalue weighted by Crippen LogP contribution is 2.20. The van der Waals surface area contributed by atoms with E-state index in [-0.39, 0.29) is 24.2 Å². The Morgan fingerprint density at radius 2 is 2.09 bits per heavy atom. The number of hydrogen-bond donors (Lipinski definition) is 2. The predicted octanol–water partition coefficient (Wildman–Crippen LogP) is 0.926. The van der Waals surface area contributed by atoms with Crippen LogP contribution in [0.4, 0.5) is 5.69 Å². The van der Waals surface area contributed by atoms with Crippen LogP contribution in [0.5, 0.6) is 0 Å². The van der Waals surface area contributed by atoms with E-state index in [1.165, 1.54) is 7.11 Å². The summed E-state index contributed by atoms with van der Waals surface area (Å²) in [5.74, 6) is -0.571. The summed E-state index contributed by atoms with van der Waals surface area (Å²) in [6.45, 7) is 1.28. The molecule has 0 spiro atoms. The number of carbonyl (C=O) groups is 2. The Kier molecular flexibility index (Phi) is 6.86. The second kappa shape index (κ2) is 8.17. The Hall–Kier alpha value is -1.57. The molecule has 0 aliphatic carbocycles. The number of hydrogen-bond acceptors (Lipinski definition) is 5. The van der Waals surface area contributed by atoms with Gasteiger partial charge in [-0.15, -0.1) is 12.4 Å². The van der Waals surface area contributed by atoms with Crippen LogP contribution < -0.4 is 11.1 Å². The summed E-state index contributed by atoms with van der Waals surface area (Å²) in [4.78, 5) is 23.7. The maximum absolute atomic E-state index is 12.2. The predicted molar refractivity (Wildman–Crippen MR) is 84.1 cm³/mol. The minimum Gasteiger partial charge on any atom is -0.464 e. The van der Waals surface area contributed by atoms with Gasteiger partial charge in [0.05, 0.1) is 18.8 Å². The van der Waals surface area contributed by atoms with Crippen molar-refractivity contribution in [1.29, 1.82) is 0 Å². The van der Waals surface area contributed by atoms with Gasteiger partial charge in [0.15, 0.2) is 0 Å². The van der Waals surface area contributed by atoms with Gasteiger partial charge in [0, 0.05) is 26.5 Å². The molecule has 0 aromatic carbocycles. The molecule has 0 bridgehead atoms. The highest BCUT2D eigenvalue weighted by Gasteiger charge is 2.27. The molecule has 1 aliphatic heterocycles. The summed E-state index contributed by atoms with van der Waals surface area (Å²) in [6, 6.07) is 0.996. The minimum atomic E-state index is -0.573. The second-order valence-electron chi connectivity index (χ2n) is 5.18. The Morgan fingerprint density at radius 1 is 1.45 bits per heavy atom. The lowest BCUT2D eigenvalue weighted by Gasteiger charge is -2.26. The first-order chi connectivity index (χ1) is 10.0. The number of ether oxygens (including phenoxy) is 2. The normalized spacial score (nSPS) is 16.5. The average Bonchev–Trinajstić information content (AvgIpc) is 2.87. The minimum absolute atomic E-state index is 0. The van der Waals surface area contributed by atoms with E-state index in [1.54, 1.807) is 23.9 Å². The van der Waals surface area contributed by atoms with Crippen molar-refractivity contribution >= 4 is 30.0 Å². The second-order valence-corrected chi connectivity index (χ2v) is 5.18. The van der Waals surface area contributed by atoms with Crippen LogP contribution in [0, 0.1) is 5.92 Å². The Bertz CT molecular complexity index is 526. The lowest BCUT2D eigenvalue weighted by molar-refractivity contribution is -0.119. The zero-order valence-electron chi connectivity index (χ0n) is 12.7. The summed E-state index contributed by atoms with van der Waals surface area (Å²) >= 11 is 0. The van der Waals surface area contributed by atoms with E-state index in [2.05, 4.69) is 10.1 Å². The third-order valence-corrected chi connectivity index (χ3v) is 3.74. The van der Waals surface area contributed by atoms with Gasteiger partial charge in [0.1, 0.15) is 5.69 Å². The molecule has 1 amide bonds. The van der Waals surface area contributed by atoms with Crippen LogP contribution in [0.1, 0.15) is 23.3 Å². The van der Waals surface area contributed by atoms with Crippen LogP contribution in [-0.4, -0.2) is 42.8 Å². The molecular weight excluding hydrogens is 310 g/mol. The van der Waals surface area contributed by atoms with Gasteiger partial charge < -0.3 is 25.1 Å². The van der Waals surface area contributed by atoms with Crippen LogP contribution in [-0.2, 0) is 21.3 Å². The van der Waals surface area contributed by atoms with Gasteiger partial charge in [-0.05, 0) is 24.8 Å². The Labute approximate surface area is 135 Å². The molecule has 22 heavy (non-hydrogen) atoms. The molecule has 3 N–H and O–H groups in total. The summed E-state index contributed by atoms with van der Waals surface area (Å²) in [7, 11) is 3.02. The fourth-order valence-corrected chi connectivity index (χ4v) is 2.45. The van der Waals surface area contributed by atoms with Crippen LogP contribution in [0.2, 0.25) is 0 Å². The molecule has 1 aromatic heterocycles. The van der Waals surface area contributed by atoms with Gasteiger partial charge in [-0.2, -0.15) is 0 Å². The van der Waals surface area contributed by atoms with Gasteiger partial charge in [-0.3, -0.25) is 4.79 Å². The van der Waals surface area contributed by atoms with E-state index in [1.807, 2.05) is 0 Å². The van der Waals surface area contributed by atoms with Crippen molar-refractivity contribution in [1.82, 2.24) is 4.57 Å². The number of methoxy groups -OCH3 is 1. The van der Waals surface area contributed by atoms with E-state index >= 15 is 0 Å². The van der Waals surface area contributed by atoms with Crippen LogP contribution >= 0.6 is 12.4 Å². The van der Waals surface area contributed by atoms with Gasteiger partial charge >= 0.3 is 5.97 Å². The van der Waals surface area contributed by atoms with Crippen molar-refractivity contribution in [3.8, 4) is 0 Å². The average molecular weight is 332 g/mol.